The molecule has 0 spiro atoms. The van der Waals surface area contributed by atoms with E-state index in [0.29, 0.717) is 11.8 Å². The first-order valence-corrected chi connectivity index (χ1v) is 10.4. The summed E-state index contributed by atoms with van der Waals surface area (Å²) in [4.78, 5) is 4.57. The number of rotatable bonds is 4. The zero-order valence-corrected chi connectivity index (χ0v) is 15.6. The first kappa shape index (κ1) is 17.3. The van der Waals surface area contributed by atoms with Crippen LogP contribution in [-0.4, -0.2) is 22.9 Å². The Morgan fingerprint density at radius 2 is 1.76 bits per heavy atom. The van der Waals surface area contributed by atoms with Gasteiger partial charge >= 0.3 is 0 Å². The molecule has 0 amide bonds. The number of sulfonamides is 1. The molecule has 2 atom stereocenters. The average molecular weight is 402 g/mol. The predicted octanol–water partition coefficient (Wildman–Crippen LogP) is 3.43. The molecule has 134 valence electrons. The van der Waals surface area contributed by atoms with E-state index in [1.807, 2.05) is 0 Å². The van der Waals surface area contributed by atoms with Crippen LogP contribution in [-0.2, 0) is 10.0 Å². The maximum absolute atomic E-state index is 11.4. The minimum atomic E-state index is -3.73. The van der Waals surface area contributed by atoms with Gasteiger partial charge in [-0.1, -0.05) is 30.1 Å². The minimum absolute atomic E-state index is 0.0458. The Morgan fingerprint density at radius 1 is 1.12 bits per heavy atom. The van der Waals surface area contributed by atoms with Crippen molar-refractivity contribution in [2.24, 2.45) is 5.14 Å². The van der Waals surface area contributed by atoms with Gasteiger partial charge in [-0.2, -0.15) is 4.98 Å². The van der Waals surface area contributed by atoms with Crippen LogP contribution in [0.2, 0.25) is 0 Å². The van der Waals surface area contributed by atoms with Crippen molar-refractivity contribution in [2.45, 2.75) is 52.7 Å². The van der Waals surface area contributed by atoms with Crippen LogP contribution in [0.4, 0.5) is 0 Å². The number of alkyl halides is 2. The van der Waals surface area contributed by atoms with Gasteiger partial charge in [0.1, 0.15) is 4.33 Å². The number of aromatic nitrogens is 2. The summed E-state index contributed by atoms with van der Waals surface area (Å²) in [6.07, 6.45) is 4.53. The second-order valence-electron chi connectivity index (χ2n) is 6.72. The molecule has 0 aliphatic heterocycles. The second-order valence-corrected chi connectivity index (χ2v) is 9.72. The highest BCUT2D eigenvalue weighted by Gasteiger charge is 2.67. The number of nitrogens with two attached hydrogens (primary N) is 1. The maximum atomic E-state index is 11.4. The van der Waals surface area contributed by atoms with Crippen molar-refractivity contribution in [3.8, 4) is 0 Å². The fourth-order valence-corrected chi connectivity index (χ4v) is 4.97. The minimum Gasteiger partial charge on any atom is -0.339 e. The molecule has 9 heteroatoms. The monoisotopic (exact) mass is 401 g/mol. The van der Waals surface area contributed by atoms with Gasteiger partial charge in [0.25, 0.3) is 0 Å². The molecule has 2 N–H and O–H groups in total. The van der Waals surface area contributed by atoms with Crippen LogP contribution in [0.25, 0.3) is 0 Å². The molecule has 1 aromatic heterocycles. The smallest absolute Gasteiger partial charge is 0.238 e. The lowest BCUT2D eigenvalue weighted by Crippen LogP contribution is -2.11. The Bertz CT molecular complexity index is 890. The molecular formula is C16H17Cl2N3O3S. The van der Waals surface area contributed by atoms with E-state index in [9.17, 15) is 8.42 Å². The molecule has 25 heavy (non-hydrogen) atoms. The molecule has 2 aliphatic rings. The number of halogens is 2. The topological polar surface area (TPSA) is 99.1 Å². The molecule has 0 saturated heterocycles. The summed E-state index contributed by atoms with van der Waals surface area (Å²) < 4.78 is 27.1. The third kappa shape index (κ3) is 3.07. The number of nitrogens with zero attached hydrogens (tertiary/aromatic N) is 2. The fraction of sp³-hybridized carbons (Fsp3) is 0.500. The highest BCUT2D eigenvalue weighted by Crippen LogP contribution is 2.69. The third-order valence-electron chi connectivity index (χ3n) is 5.07. The largest absolute Gasteiger partial charge is 0.339 e. The van der Waals surface area contributed by atoms with E-state index >= 15 is 0 Å². The summed E-state index contributed by atoms with van der Waals surface area (Å²) >= 11 is 12.9. The van der Waals surface area contributed by atoms with Crippen molar-refractivity contribution >= 4 is 33.2 Å². The normalized spacial score (nSPS) is 26.0. The number of hydrogen-bond donors (Lipinski definition) is 1. The Kier molecular flexibility index (Phi) is 4.11. The van der Waals surface area contributed by atoms with Gasteiger partial charge < -0.3 is 4.52 Å². The van der Waals surface area contributed by atoms with Gasteiger partial charge in [-0.05, 0) is 30.5 Å². The van der Waals surface area contributed by atoms with Gasteiger partial charge in [-0.3, -0.25) is 0 Å². The van der Waals surface area contributed by atoms with E-state index < -0.39 is 14.4 Å². The van der Waals surface area contributed by atoms with E-state index in [-0.39, 0.29) is 16.7 Å². The quantitative estimate of drug-likeness (QED) is 0.790. The van der Waals surface area contributed by atoms with E-state index in [1.54, 1.807) is 12.1 Å². The Balaban J connectivity index is 1.57. The molecule has 1 heterocycles. The van der Waals surface area contributed by atoms with Gasteiger partial charge in [0.2, 0.25) is 15.9 Å². The molecular weight excluding hydrogens is 385 g/mol. The molecule has 2 aliphatic carbocycles. The molecule has 0 unspecified atom stereocenters. The van der Waals surface area contributed by atoms with E-state index in [1.165, 1.54) is 25.0 Å². The lowest BCUT2D eigenvalue weighted by Gasteiger charge is -2.02. The summed E-state index contributed by atoms with van der Waals surface area (Å²) in [5, 5.41) is 9.22. The van der Waals surface area contributed by atoms with Crippen molar-refractivity contribution in [3.05, 3.63) is 41.5 Å². The third-order valence-corrected chi connectivity index (χ3v) is 6.93. The Hall–Kier alpha value is -1.15. The van der Waals surface area contributed by atoms with Crippen LogP contribution in [0.5, 0.6) is 0 Å². The zero-order valence-electron chi connectivity index (χ0n) is 13.2. The molecule has 2 fully saturated rings. The molecule has 6 nitrogen and oxygen atoms in total. The molecule has 1 aromatic carbocycles. The van der Waals surface area contributed by atoms with E-state index in [0.717, 1.165) is 24.2 Å². The zero-order chi connectivity index (χ0) is 17.8. The van der Waals surface area contributed by atoms with Crippen LogP contribution in [0.1, 0.15) is 60.7 Å². The molecule has 0 radical (unpaired) electrons. The van der Waals surface area contributed by atoms with Gasteiger partial charge in [0.15, 0.2) is 5.82 Å². The van der Waals surface area contributed by atoms with E-state index in [4.69, 9.17) is 32.9 Å². The van der Waals surface area contributed by atoms with Gasteiger partial charge in [0.05, 0.1) is 10.8 Å². The van der Waals surface area contributed by atoms with Crippen LogP contribution in [0, 0.1) is 0 Å². The van der Waals surface area contributed by atoms with Crippen molar-refractivity contribution in [1.29, 1.82) is 0 Å². The highest BCUT2D eigenvalue weighted by molar-refractivity contribution is 7.89. The number of primary sulfonamides is 1. The highest BCUT2D eigenvalue weighted by atomic mass is 35.5. The van der Waals surface area contributed by atoms with Crippen molar-refractivity contribution in [3.63, 3.8) is 0 Å². The predicted molar refractivity (Wildman–Crippen MR) is 93.2 cm³/mol. The molecule has 0 bridgehead atoms. The summed E-state index contributed by atoms with van der Waals surface area (Å²) in [5.74, 6) is 0.976. The van der Waals surface area contributed by atoms with E-state index in [2.05, 4.69) is 10.1 Å². The van der Waals surface area contributed by atoms with Gasteiger partial charge in [-0.15, -0.1) is 23.2 Å². The summed E-state index contributed by atoms with van der Waals surface area (Å²) in [6.45, 7) is 0. The van der Waals surface area contributed by atoms with Crippen molar-refractivity contribution in [2.75, 3.05) is 0 Å². The average Bonchev–Trinajstić information content (AvgIpc) is 3.03. The lowest BCUT2D eigenvalue weighted by molar-refractivity contribution is 0.369. The van der Waals surface area contributed by atoms with Crippen LogP contribution in [0.15, 0.2) is 33.7 Å². The number of benzene rings is 1. The van der Waals surface area contributed by atoms with Gasteiger partial charge in [0, 0.05) is 11.8 Å². The second kappa shape index (κ2) is 5.94. The SMILES string of the molecule is NS(=O)(=O)c1ccc([C@H]2[C@H](c3nc(C4CCCC4)no3)C2(Cl)Cl)cc1. The number of hydrogen-bond acceptors (Lipinski definition) is 5. The summed E-state index contributed by atoms with van der Waals surface area (Å²) in [7, 11) is -3.73. The maximum Gasteiger partial charge on any atom is 0.238 e. The molecule has 2 aromatic rings. The van der Waals surface area contributed by atoms with Gasteiger partial charge in [-0.25, -0.2) is 13.6 Å². The first-order chi connectivity index (χ1) is 11.8. The standard InChI is InChI=1S/C16H17Cl2N3O3S/c17-16(18)12(9-5-7-11(8-6-9)25(19,22)23)13(16)15-20-14(21-24-15)10-3-1-2-4-10/h5-8,10,12-13H,1-4H2,(H2,19,22,23)/t12-,13+/m0/s1. The lowest BCUT2D eigenvalue weighted by atomic mass is 10.1. The molecule has 2 saturated carbocycles. The fourth-order valence-electron chi connectivity index (χ4n) is 3.64. The van der Waals surface area contributed by atoms with Crippen molar-refractivity contribution in [1.82, 2.24) is 10.1 Å². The molecule has 4 rings (SSSR count). The van der Waals surface area contributed by atoms with Crippen LogP contribution in [0.3, 0.4) is 0 Å². The first-order valence-electron chi connectivity index (χ1n) is 8.12. The van der Waals surface area contributed by atoms with Crippen LogP contribution >= 0.6 is 23.2 Å². The summed E-state index contributed by atoms with van der Waals surface area (Å²) in [6, 6.07) is 6.22. The Morgan fingerprint density at radius 3 is 2.36 bits per heavy atom. The summed E-state index contributed by atoms with van der Waals surface area (Å²) in [5.41, 5.74) is 0.808. The van der Waals surface area contributed by atoms with Crippen LogP contribution < -0.4 is 5.14 Å². The Labute approximate surface area is 155 Å². The van der Waals surface area contributed by atoms with Crippen molar-refractivity contribution < 1.29 is 12.9 Å².